The van der Waals surface area contributed by atoms with Crippen LogP contribution in [0, 0.1) is 23.7 Å². The molecule has 13 heteroatoms. The molecule has 0 aliphatic heterocycles. The van der Waals surface area contributed by atoms with Crippen LogP contribution in [0.5, 0.6) is 0 Å². The van der Waals surface area contributed by atoms with Crippen molar-refractivity contribution in [2.24, 2.45) is 28.7 Å². The fourth-order valence-electron chi connectivity index (χ4n) is 11.2. The summed E-state index contributed by atoms with van der Waals surface area (Å²) in [7, 11) is -5.33. The first-order valence-electron chi connectivity index (χ1n) is 30.0. The van der Waals surface area contributed by atoms with Crippen LogP contribution >= 0.6 is 0 Å². The predicted octanol–water partition coefficient (Wildman–Crippen LogP) is 16.1. The smallest absolute Gasteiger partial charge is 0.450 e. The van der Waals surface area contributed by atoms with Crippen molar-refractivity contribution in [3.63, 3.8) is 0 Å². The van der Waals surface area contributed by atoms with Gasteiger partial charge >= 0.3 is 23.7 Å². The highest BCUT2D eigenvalue weighted by molar-refractivity contribution is 6.61. The van der Waals surface area contributed by atoms with Crippen LogP contribution in [0.2, 0.25) is 12.1 Å². The van der Waals surface area contributed by atoms with Gasteiger partial charge in [-0.25, -0.2) is 4.79 Å². The molecule has 0 saturated heterocycles. The average Bonchev–Trinajstić information content (AvgIpc) is 3.34. The number of unbranched alkanes of at least 4 members (excludes halogenated alkanes) is 18. The Hall–Kier alpha value is -1.20. The summed E-state index contributed by atoms with van der Waals surface area (Å²) >= 11 is 0. The van der Waals surface area contributed by atoms with E-state index in [0.29, 0.717) is 71.1 Å². The Morgan fingerprint density at radius 1 is 0.486 bits per heavy atom. The number of carbonyl (C=O) groups excluding carboxylic acids is 2. The van der Waals surface area contributed by atoms with E-state index in [-0.39, 0.29) is 6.09 Å². The van der Waals surface area contributed by atoms with Crippen molar-refractivity contribution in [3.05, 3.63) is 0 Å². The van der Waals surface area contributed by atoms with E-state index in [2.05, 4.69) is 24.2 Å². The van der Waals surface area contributed by atoms with E-state index in [4.69, 9.17) is 31.3 Å². The highest BCUT2D eigenvalue weighted by Crippen LogP contribution is 2.48. The first kappa shape index (κ1) is 66.8. The highest BCUT2D eigenvalue weighted by atomic mass is 28.4. The summed E-state index contributed by atoms with van der Waals surface area (Å²) in [6, 6.07) is 1.42. The molecular formula is C57H114N2O9Si2. The Bertz CT molecular complexity index is 1200. The summed E-state index contributed by atoms with van der Waals surface area (Å²) < 4.78 is 41.1. The molecule has 1 amide bonds. The Kier molecular flexibility index (Phi) is 44.2. The quantitative estimate of drug-likeness (QED) is 0.0275. The lowest BCUT2D eigenvalue weighted by Crippen LogP contribution is -2.46. The van der Waals surface area contributed by atoms with E-state index in [1.807, 2.05) is 41.5 Å². The van der Waals surface area contributed by atoms with Crippen molar-refractivity contribution in [1.82, 2.24) is 5.32 Å². The van der Waals surface area contributed by atoms with Gasteiger partial charge < -0.3 is 36.6 Å². The number of hydrogen-bond donors (Lipinski definition) is 1. The molecule has 1 N–H and O–H groups in total. The van der Waals surface area contributed by atoms with Gasteiger partial charge in [-0.1, -0.05) is 155 Å². The Morgan fingerprint density at radius 2 is 0.871 bits per heavy atom. The summed E-state index contributed by atoms with van der Waals surface area (Å²) in [6.07, 6.45) is 40.3. The molecular weight excluding hydrogens is 913 g/mol. The number of aldehydes is 1. The average molecular weight is 1030 g/mol. The molecule has 0 aromatic rings. The molecule has 0 heterocycles. The maximum absolute atomic E-state index is 12.3. The van der Waals surface area contributed by atoms with Gasteiger partial charge in [0, 0.05) is 64.8 Å². The van der Waals surface area contributed by atoms with Gasteiger partial charge in [0.2, 0.25) is 0 Å². The molecule has 4 atom stereocenters. The summed E-state index contributed by atoms with van der Waals surface area (Å²) in [5, 5.41) is 2.89. The first-order valence-corrected chi connectivity index (χ1v) is 33.9. The summed E-state index contributed by atoms with van der Waals surface area (Å²) in [6.45, 7) is 21.6. The zero-order valence-corrected chi connectivity index (χ0v) is 49.2. The number of nitrogens with zero attached hydrogens (tertiary/aromatic N) is 1. The second kappa shape index (κ2) is 46.3. The van der Waals surface area contributed by atoms with Gasteiger partial charge in [-0.3, -0.25) is 9.79 Å². The van der Waals surface area contributed by atoms with Crippen molar-refractivity contribution in [2.75, 3.05) is 59.3 Å². The summed E-state index contributed by atoms with van der Waals surface area (Å²) in [5.74, 6) is 3.76. The molecule has 1 rings (SSSR count). The fraction of sp³-hybridized carbons (Fsp3) is 0.947. The van der Waals surface area contributed by atoms with Crippen molar-refractivity contribution >= 4 is 35.7 Å². The lowest BCUT2D eigenvalue weighted by atomic mass is 9.61. The lowest BCUT2D eigenvalue weighted by molar-refractivity contribution is -0.102. The van der Waals surface area contributed by atoms with Gasteiger partial charge in [-0.15, -0.1) is 0 Å². The Morgan fingerprint density at radius 3 is 1.31 bits per heavy atom. The maximum atomic E-state index is 12.3. The normalized spacial score (nSPS) is 17.9. The second-order valence-electron chi connectivity index (χ2n) is 20.1. The van der Waals surface area contributed by atoms with Crippen molar-refractivity contribution in [1.29, 1.82) is 0 Å². The van der Waals surface area contributed by atoms with Gasteiger partial charge in [0.25, 0.3) is 0 Å². The van der Waals surface area contributed by atoms with Gasteiger partial charge in [0.15, 0.2) is 6.29 Å². The van der Waals surface area contributed by atoms with E-state index < -0.39 is 17.6 Å². The maximum Gasteiger partial charge on any atom is 0.500 e. The molecule has 70 heavy (non-hydrogen) atoms. The largest absolute Gasteiger partial charge is 0.500 e. The number of rotatable bonds is 51. The minimum Gasteiger partial charge on any atom is -0.450 e. The van der Waals surface area contributed by atoms with E-state index in [1.54, 1.807) is 0 Å². The molecule has 1 saturated carbocycles. The molecule has 0 radical (unpaired) electrons. The molecule has 0 bridgehead atoms. The van der Waals surface area contributed by atoms with E-state index in [1.165, 1.54) is 161 Å². The van der Waals surface area contributed by atoms with Crippen LogP contribution in [0.3, 0.4) is 0 Å². The van der Waals surface area contributed by atoms with Crippen molar-refractivity contribution in [3.8, 4) is 0 Å². The number of alkyl carbamates (subject to hydrolysis) is 1. The monoisotopic (exact) mass is 1030 g/mol. The molecule has 0 spiro atoms. The van der Waals surface area contributed by atoms with Crippen LogP contribution in [0.4, 0.5) is 4.79 Å². The van der Waals surface area contributed by atoms with E-state index in [9.17, 15) is 9.59 Å². The van der Waals surface area contributed by atoms with Crippen molar-refractivity contribution < 1.29 is 40.9 Å². The number of aliphatic imine (C=N–C) groups is 1. The number of ether oxygens (including phenoxy) is 1. The first-order chi connectivity index (χ1) is 34.3. The minimum absolute atomic E-state index is 0.333. The number of nitrogens with one attached hydrogen (secondary N) is 1. The van der Waals surface area contributed by atoms with E-state index in [0.717, 1.165) is 74.5 Å². The third-order valence-corrected chi connectivity index (χ3v) is 20.9. The Balaban J connectivity index is 2.44. The van der Waals surface area contributed by atoms with Crippen molar-refractivity contribution in [2.45, 2.75) is 267 Å². The third kappa shape index (κ3) is 32.2. The molecule has 4 unspecified atom stereocenters. The molecule has 11 nitrogen and oxygen atoms in total. The van der Waals surface area contributed by atoms with Crippen LogP contribution in [0.1, 0.15) is 254 Å². The predicted molar refractivity (Wildman–Crippen MR) is 297 cm³/mol. The summed E-state index contributed by atoms with van der Waals surface area (Å²) in [4.78, 5) is 28.7. The zero-order chi connectivity index (χ0) is 51.2. The van der Waals surface area contributed by atoms with Crippen LogP contribution in [-0.2, 0) is 36.1 Å². The third-order valence-electron chi connectivity index (χ3n) is 14.6. The number of amides is 1. The number of carbonyl (C=O) groups is 2. The van der Waals surface area contributed by atoms with Crippen LogP contribution < -0.4 is 5.32 Å². The molecule has 1 aliphatic rings. The second-order valence-corrected chi connectivity index (χ2v) is 25.6. The van der Waals surface area contributed by atoms with Crippen LogP contribution in [-0.4, -0.2) is 95.0 Å². The van der Waals surface area contributed by atoms with Gasteiger partial charge in [0.05, 0.1) is 12.3 Å². The summed E-state index contributed by atoms with van der Waals surface area (Å²) in [5.41, 5.74) is 0.696. The van der Waals surface area contributed by atoms with Gasteiger partial charge in [0.1, 0.15) is 0 Å². The molecule has 1 fully saturated rings. The SMILES string of the molecule is CCCCCC1CCC(CCCCCCCCCOC(=O)NCCC[Si](OCC)(OCC)OCC)C(CCCCCCCCCCCC(C=O)=NCCC[Si](OCC)(OCC)OCC)C1CCCCC. The van der Waals surface area contributed by atoms with Crippen LogP contribution in [0.25, 0.3) is 0 Å². The number of hydrogen-bond acceptors (Lipinski definition) is 10. The Labute approximate surface area is 434 Å². The highest BCUT2D eigenvalue weighted by Gasteiger charge is 2.41. The minimum atomic E-state index is -2.68. The van der Waals surface area contributed by atoms with Crippen LogP contribution in [0.15, 0.2) is 4.99 Å². The van der Waals surface area contributed by atoms with E-state index >= 15 is 0 Å². The molecule has 0 aromatic carbocycles. The van der Waals surface area contributed by atoms with Gasteiger partial charge in [-0.2, -0.15) is 0 Å². The fourth-order valence-corrected chi connectivity index (χ4v) is 16.4. The molecule has 0 aromatic heterocycles. The zero-order valence-electron chi connectivity index (χ0n) is 47.2. The topological polar surface area (TPSA) is 123 Å². The lowest BCUT2D eigenvalue weighted by Gasteiger charge is -2.44. The standard InChI is InChI=1S/C57H114N2O9Si2/c1-9-17-31-39-52-44-45-53(40-33-27-23-22-26-30-36-48-62-57(61)59-47-38-50-70(66-14-6,67-15-7)68-16-8)56(55(52)42-32-18-10-2)43-35-29-25-21-19-20-24-28-34-41-54(51-60)58-46-37-49-69(63-11-3,64-12-4)65-13-5/h51-53,55-56H,9-50H2,1-8H3,(H,59,61). The molecule has 414 valence electrons. The molecule has 1 aliphatic carbocycles. The van der Waals surface area contributed by atoms with Gasteiger partial charge in [-0.05, 0) is 123 Å².